The Morgan fingerprint density at radius 2 is 1.68 bits per heavy atom. The van der Waals surface area contributed by atoms with Gasteiger partial charge in [0.1, 0.15) is 17.3 Å². The first-order valence-corrected chi connectivity index (χ1v) is 12.1. The Morgan fingerprint density at radius 1 is 0.865 bits per heavy atom. The van der Waals surface area contributed by atoms with Crippen molar-refractivity contribution in [2.45, 2.75) is 13.0 Å². The predicted octanol–water partition coefficient (Wildman–Crippen LogP) is 6.69. The van der Waals surface area contributed by atoms with E-state index in [1.807, 2.05) is 72.8 Å². The minimum atomic E-state index is -0.429. The average Bonchev–Trinajstić information content (AvgIpc) is 3.36. The number of halogens is 1. The molecule has 6 heteroatoms. The van der Waals surface area contributed by atoms with Crippen LogP contribution in [0, 0.1) is 5.82 Å². The van der Waals surface area contributed by atoms with Crippen LogP contribution in [0.3, 0.4) is 0 Å². The maximum absolute atomic E-state index is 13.6. The molecule has 2 amide bonds. The fourth-order valence-electron chi connectivity index (χ4n) is 4.82. The van der Waals surface area contributed by atoms with Gasteiger partial charge in [-0.05, 0) is 53.2 Å². The van der Waals surface area contributed by atoms with Crippen molar-refractivity contribution >= 4 is 28.3 Å². The molecule has 4 aromatic carbocycles. The molecule has 0 unspecified atom stereocenters. The van der Waals surface area contributed by atoms with Crippen LogP contribution in [0.1, 0.15) is 32.0 Å². The molecule has 1 aliphatic heterocycles. The van der Waals surface area contributed by atoms with E-state index in [1.165, 1.54) is 12.1 Å². The molecule has 0 saturated heterocycles. The monoisotopic (exact) mass is 490 g/mol. The van der Waals surface area contributed by atoms with Crippen LogP contribution in [0.4, 0.5) is 10.1 Å². The van der Waals surface area contributed by atoms with Gasteiger partial charge in [-0.1, -0.05) is 54.6 Å². The first-order chi connectivity index (χ1) is 18.0. The number of rotatable bonds is 4. The lowest BCUT2D eigenvalue weighted by Crippen LogP contribution is -2.35. The number of hydrogen-bond donors (Lipinski definition) is 1. The zero-order chi connectivity index (χ0) is 25.4. The second-order valence-electron chi connectivity index (χ2n) is 9.11. The maximum Gasteiger partial charge on any atom is 0.256 e. The summed E-state index contributed by atoms with van der Waals surface area (Å²) in [6.45, 7) is 0.891. The van der Waals surface area contributed by atoms with Crippen LogP contribution in [-0.4, -0.2) is 23.3 Å². The molecule has 0 bridgehead atoms. The van der Waals surface area contributed by atoms with E-state index in [2.05, 4.69) is 5.32 Å². The van der Waals surface area contributed by atoms with Crippen LogP contribution in [0.2, 0.25) is 0 Å². The van der Waals surface area contributed by atoms with Crippen LogP contribution in [0.15, 0.2) is 101 Å². The van der Waals surface area contributed by atoms with Crippen molar-refractivity contribution in [2.75, 3.05) is 11.9 Å². The standard InChI is InChI=1S/C31H23FN2O3/c32-24-10-3-9-22(16-24)31(36)34-15-14-28-23(19-34)18-29(37-28)21-8-4-11-25(17-21)33-30(35)27-13-5-7-20-6-1-2-12-26(20)27/h1-13,16-18H,14-15,19H2,(H,33,35). The lowest BCUT2D eigenvalue weighted by atomic mass is 10.0. The quantitative estimate of drug-likeness (QED) is 0.305. The lowest BCUT2D eigenvalue weighted by molar-refractivity contribution is 0.0729. The molecule has 0 spiro atoms. The van der Waals surface area contributed by atoms with Crippen LogP contribution < -0.4 is 5.32 Å². The Balaban J connectivity index is 1.21. The van der Waals surface area contributed by atoms with E-state index in [0.717, 1.165) is 27.7 Å². The molecule has 182 valence electrons. The normalized spacial score (nSPS) is 12.8. The summed E-state index contributed by atoms with van der Waals surface area (Å²) in [5.74, 6) is 0.696. The molecule has 0 atom stereocenters. The molecule has 0 saturated carbocycles. The van der Waals surface area contributed by atoms with Crippen LogP contribution in [-0.2, 0) is 13.0 Å². The largest absolute Gasteiger partial charge is 0.461 e. The molecule has 0 fully saturated rings. The van der Waals surface area contributed by atoms with E-state index >= 15 is 0 Å². The van der Waals surface area contributed by atoms with Crippen molar-refractivity contribution in [2.24, 2.45) is 0 Å². The number of benzene rings is 4. The molecule has 5 nitrogen and oxygen atoms in total. The van der Waals surface area contributed by atoms with Gasteiger partial charge in [0.2, 0.25) is 0 Å². The van der Waals surface area contributed by atoms with Gasteiger partial charge in [-0.2, -0.15) is 0 Å². The number of amides is 2. The van der Waals surface area contributed by atoms with Crippen molar-refractivity contribution in [3.63, 3.8) is 0 Å². The van der Waals surface area contributed by atoms with Gasteiger partial charge in [-0.15, -0.1) is 0 Å². The van der Waals surface area contributed by atoms with Crippen molar-refractivity contribution in [1.29, 1.82) is 0 Å². The van der Waals surface area contributed by atoms with Gasteiger partial charge in [0, 0.05) is 47.5 Å². The van der Waals surface area contributed by atoms with Gasteiger partial charge in [-0.3, -0.25) is 9.59 Å². The van der Waals surface area contributed by atoms with E-state index in [4.69, 9.17) is 4.42 Å². The van der Waals surface area contributed by atoms with Gasteiger partial charge in [-0.25, -0.2) is 4.39 Å². The third kappa shape index (κ3) is 4.49. The third-order valence-electron chi connectivity index (χ3n) is 6.66. The molecule has 2 heterocycles. The molecule has 1 aliphatic rings. The first-order valence-electron chi connectivity index (χ1n) is 12.1. The Labute approximate surface area is 213 Å². The fraction of sp³-hybridized carbons (Fsp3) is 0.0968. The van der Waals surface area contributed by atoms with Gasteiger partial charge >= 0.3 is 0 Å². The highest BCUT2D eigenvalue weighted by molar-refractivity contribution is 6.13. The minimum absolute atomic E-state index is 0.181. The topological polar surface area (TPSA) is 62.6 Å². The van der Waals surface area contributed by atoms with Crippen LogP contribution in [0.5, 0.6) is 0 Å². The van der Waals surface area contributed by atoms with Crippen molar-refractivity contribution in [3.8, 4) is 11.3 Å². The second-order valence-corrected chi connectivity index (χ2v) is 9.11. The summed E-state index contributed by atoms with van der Waals surface area (Å²) in [5, 5.41) is 4.91. The molecule has 0 aliphatic carbocycles. The summed E-state index contributed by atoms with van der Waals surface area (Å²) in [7, 11) is 0. The van der Waals surface area contributed by atoms with Crippen LogP contribution >= 0.6 is 0 Å². The second kappa shape index (κ2) is 9.39. The van der Waals surface area contributed by atoms with E-state index in [9.17, 15) is 14.0 Å². The Morgan fingerprint density at radius 3 is 2.57 bits per heavy atom. The van der Waals surface area contributed by atoms with Gasteiger partial charge in [0.15, 0.2) is 0 Å². The number of fused-ring (bicyclic) bond motifs is 2. The van der Waals surface area contributed by atoms with E-state index in [0.29, 0.717) is 42.1 Å². The number of nitrogens with one attached hydrogen (secondary N) is 1. The molecular weight excluding hydrogens is 467 g/mol. The molecule has 5 aromatic rings. The average molecular weight is 491 g/mol. The summed E-state index contributed by atoms with van der Waals surface area (Å²) in [6.07, 6.45) is 0.577. The van der Waals surface area contributed by atoms with Crippen LogP contribution in [0.25, 0.3) is 22.1 Å². The van der Waals surface area contributed by atoms with E-state index in [1.54, 1.807) is 17.0 Å². The number of nitrogens with zero attached hydrogens (tertiary/aromatic N) is 1. The number of furan rings is 1. The molecule has 6 rings (SSSR count). The van der Waals surface area contributed by atoms with Crippen molar-refractivity contribution < 1.29 is 18.4 Å². The fourth-order valence-corrected chi connectivity index (χ4v) is 4.82. The van der Waals surface area contributed by atoms with E-state index in [-0.39, 0.29) is 11.8 Å². The van der Waals surface area contributed by atoms with Crippen molar-refractivity contribution in [3.05, 3.63) is 125 Å². The number of hydrogen-bond acceptors (Lipinski definition) is 3. The maximum atomic E-state index is 13.6. The van der Waals surface area contributed by atoms with Gasteiger partial charge in [0.25, 0.3) is 11.8 Å². The summed E-state index contributed by atoms with van der Waals surface area (Å²) in [4.78, 5) is 27.7. The number of carbonyl (C=O) groups is 2. The molecule has 1 aromatic heterocycles. The highest BCUT2D eigenvalue weighted by atomic mass is 19.1. The zero-order valence-corrected chi connectivity index (χ0v) is 19.9. The Kier molecular flexibility index (Phi) is 5.77. The number of anilines is 1. The molecule has 37 heavy (non-hydrogen) atoms. The zero-order valence-electron chi connectivity index (χ0n) is 19.9. The van der Waals surface area contributed by atoms with Crippen molar-refractivity contribution in [1.82, 2.24) is 4.90 Å². The lowest BCUT2D eigenvalue weighted by Gasteiger charge is -2.26. The number of carbonyl (C=O) groups excluding carboxylic acids is 2. The summed E-state index contributed by atoms with van der Waals surface area (Å²) in [6, 6.07) is 28.7. The summed E-state index contributed by atoms with van der Waals surface area (Å²) in [5.41, 5.74) is 3.36. The summed E-state index contributed by atoms with van der Waals surface area (Å²) >= 11 is 0. The smallest absolute Gasteiger partial charge is 0.256 e. The van der Waals surface area contributed by atoms with E-state index < -0.39 is 5.82 Å². The third-order valence-corrected chi connectivity index (χ3v) is 6.66. The molecule has 0 radical (unpaired) electrons. The van der Waals surface area contributed by atoms with Gasteiger partial charge in [0.05, 0.1) is 0 Å². The molecular formula is C31H23FN2O3. The minimum Gasteiger partial charge on any atom is -0.461 e. The Hall–Kier alpha value is -4.71. The Bertz CT molecular complexity index is 1650. The molecule has 1 N–H and O–H groups in total. The predicted molar refractivity (Wildman–Crippen MR) is 141 cm³/mol. The first kappa shape index (κ1) is 22.7. The SMILES string of the molecule is O=C(Nc1cccc(-c2cc3c(o2)CCN(C(=O)c2cccc(F)c2)C3)c1)c1cccc2ccccc12. The highest BCUT2D eigenvalue weighted by Crippen LogP contribution is 2.31. The summed E-state index contributed by atoms with van der Waals surface area (Å²) < 4.78 is 19.7. The highest BCUT2D eigenvalue weighted by Gasteiger charge is 2.25. The van der Waals surface area contributed by atoms with Gasteiger partial charge < -0.3 is 14.6 Å².